The summed E-state index contributed by atoms with van der Waals surface area (Å²) in [5.74, 6) is 1.48. The van der Waals surface area contributed by atoms with Crippen LogP contribution >= 0.6 is 24.0 Å². The zero-order chi connectivity index (χ0) is 14.5. The third-order valence-corrected chi connectivity index (χ3v) is 5.80. The summed E-state index contributed by atoms with van der Waals surface area (Å²) >= 11 is 7.00. The molecule has 0 aliphatic carbocycles. The number of hydrogen-bond acceptors (Lipinski definition) is 4. The third kappa shape index (κ3) is 3.86. The smallest absolute Gasteiger partial charge is 0.235 e. The average Bonchev–Trinajstić information content (AvgIpc) is 2.98. The van der Waals surface area contributed by atoms with Crippen molar-refractivity contribution in [3.63, 3.8) is 0 Å². The van der Waals surface area contributed by atoms with E-state index in [1.54, 1.807) is 0 Å². The number of rotatable bonds is 5. The zero-order valence-corrected chi connectivity index (χ0v) is 13.8. The van der Waals surface area contributed by atoms with Gasteiger partial charge in [-0.05, 0) is 25.0 Å². The Morgan fingerprint density at radius 3 is 2.60 bits per heavy atom. The normalized spacial score (nSPS) is 25.6. The molecule has 2 aliphatic heterocycles. The first-order valence-corrected chi connectivity index (χ1v) is 9.03. The van der Waals surface area contributed by atoms with Gasteiger partial charge in [-0.25, -0.2) is 0 Å². The number of nitrogens with two attached hydrogens (primary N) is 1. The number of thioether (sulfide) groups is 1. The molecule has 0 saturated carbocycles. The Bertz CT molecular complexity index is 350. The summed E-state index contributed by atoms with van der Waals surface area (Å²) in [4.78, 5) is 17.3. The molecule has 2 fully saturated rings. The van der Waals surface area contributed by atoms with E-state index in [1.165, 1.54) is 6.42 Å². The van der Waals surface area contributed by atoms with Crippen molar-refractivity contribution in [1.82, 2.24) is 9.80 Å². The van der Waals surface area contributed by atoms with Gasteiger partial charge in [-0.3, -0.25) is 9.69 Å². The summed E-state index contributed by atoms with van der Waals surface area (Å²) in [6.45, 7) is 5.58. The van der Waals surface area contributed by atoms with E-state index < -0.39 is 0 Å². The van der Waals surface area contributed by atoms with Crippen molar-refractivity contribution in [2.45, 2.75) is 43.9 Å². The lowest BCUT2D eigenvalue weighted by Gasteiger charge is -2.39. The molecule has 20 heavy (non-hydrogen) atoms. The highest BCUT2D eigenvalue weighted by atomic mass is 32.2. The fraction of sp³-hybridized carbons (Fsp3) is 0.857. The van der Waals surface area contributed by atoms with Crippen LogP contribution < -0.4 is 5.73 Å². The van der Waals surface area contributed by atoms with Crippen LogP contribution in [-0.4, -0.2) is 63.9 Å². The maximum atomic E-state index is 12.4. The number of piperazine rings is 1. The minimum absolute atomic E-state index is 0.202. The molecule has 2 heterocycles. The minimum Gasteiger partial charge on any atom is -0.392 e. The van der Waals surface area contributed by atoms with E-state index >= 15 is 0 Å². The van der Waals surface area contributed by atoms with Crippen LogP contribution in [0.5, 0.6) is 0 Å². The van der Waals surface area contributed by atoms with Crippen molar-refractivity contribution in [2.24, 2.45) is 5.73 Å². The highest BCUT2D eigenvalue weighted by molar-refractivity contribution is 8.00. The topological polar surface area (TPSA) is 49.6 Å². The predicted molar refractivity (Wildman–Crippen MR) is 89.1 cm³/mol. The highest BCUT2D eigenvalue weighted by Crippen LogP contribution is 2.28. The van der Waals surface area contributed by atoms with Gasteiger partial charge in [0.2, 0.25) is 5.91 Å². The van der Waals surface area contributed by atoms with E-state index in [4.69, 9.17) is 18.0 Å². The van der Waals surface area contributed by atoms with Gasteiger partial charge < -0.3 is 10.6 Å². The number of nitrogens with zero attached hydrogens (tertiary/aromatic N) is 2. The molecule has 0 aromatic carbocycles. The molecule has 2 N–H and O–H groups in total. The second-order valence-corrected chi connectivity index (χ2v) is 7.35. The maximum Gasteiger partial charge on any atom is 0.235 e. The minimum atomic E-state index is 0.202. The SMILES string of the molecule is CCCC(C(N)=S)N1CCN(C(=O)C2CCCS2)CC1. The molecule has 0 aromatic rings. The Balaban J connectivity index is 1.84. The Labute approximate surface area is 131 Å². The van der Waals surface area contributed by atoms with E-state index in [9.17, 15) is 4.79 Å². The summed E-state index contributed by atoms with van der Waals surface area (Å²) in [6.07, 6.45) is 4.33. The van der Waals surface area contributed by atoms with Crippen LogP contribution in [0.4, 0.5) is 0 Å². The van der Waals surface area contributed by atoms with Crippen LogP contribution in [0.15, 0.2) is 0 Å². The van der Waals surface area contributed by atoms with Crippen LogP contribution in [0, 0.1) is 0 Å². The molecular weight excluding hydrogens is 290 g/mol. The van der Waals surface area contributed by atoms with Crippen molar-refractivity contribution in [1.29, 1.82) is 0 Å². The predicted octanol–water partition coefficient (Wildman–Crippen LogP) is 1.48. The van der Waals surface area contributed by atoms with Crippen LogP contribution in [0.2, 0.25) is 0 Å². The van der Waals surface area contributed by atoms with Crippen molar-refractivity contribution >= 4 is 34.9 Å². The van der Waals surface area contributed by atoms with Gasteiger partial charge in [-0.1, -0.05) is 25.6 Å². The number of amides is 1. The quantitative estimate of drug-likeness (QED) is 0.779. The first-order valence-electron chi connectivity index (χ1n) is 7.57. The molecule has 6 heteroatoms. The van der Waals surface area contributed by atoms with Crippen LogP contribution in [0.25, 0.3) is 0 Å². The highest BCUT2D eigenvalue weighted by Gasteiger charge is 2.31. The number of thiocarbonyl (C=S) groups is 1. The molecule has 0 aromatic heterocycles. The first-order chi connectivity index (χ1) is 9.63. The van der Waals surface area contributed by atoms with E-state index in [-0.39, 0.29) is 11.3 Å². The van der Waals surface area contributed by atoms with E-state index in [0.29, 0.717) is 10.9 Å². The second-order valence-electron chi connectivity index (χ2n) is 5.57. The largest absolute Gasteiger partial charge is 0.392 e. The lowest BCUT2D eigenvalue weighted by atomic mass is 10.1. The molecule has 2 saturated heterocycles. The number of carbonyl (C=O) groups excluding carboxylic acids is 1. The molecular formula is C14H25N3OS2. The molecule has 114 valence electrons. The standard InChI is InChI=1S/C14H25N3OS2/c1-2-4-11(13(15)19)16-6-8-17(9-7-16)14(18)12-5-3-10-20-12/h11-12H,2-10H2,1H3,(H2,15,19). The number of hydrogen-bond donors (Lipinski definition) is 1. The summed E-state index contributed by atoms with van der Waals surface area (Å²) < 4.78 is 0. The Kier molecular flexibility index (Phi) is 6.11. The average molecular weight is 316 g/mol. The fourth-order valence-corrected chi connectivity index (χ4v) is 4.52. The van der Waals surface area contributed by atoms with Gasteiger partial charge in [0.15, 0.2) is 0 Å². The van der Waals surface area contributed by atoms with Gasteiger partial charge in [-0.15, -0.1) is 11.8 Å². The van der Waals surface area contributed by atoms with Crippen molar-refractivity contribution in [3.05, 3.63) is 0 Å². The van der Waals surface area contributed by atoms with Crippen molar-refractivity contribution < 1.29 is 4.79 Å². The zero-order valence-electron chi connectivity index (χ0n) is 12.2. The molecule has 2 atom stereocenters. The first kappa shape index (κ1) is 16.0. The Hall–Kier alpha value is -0.330. The van der Waals surface area contributed by atoms with Gasteiger partial charge in [-0.2, -0.15) is 0 Å². The molecule has 0 spiro atoms. The van der Waals surface area contributed by atoms with Gasteiger partial charge >= 0.3 is 0 Å². The van der Waals surface area contributed by atoms with Gasteiger partial charge in [0, 0.05) is 26.2 Å². The summed E-state index contributed by atoms with van der Waals surface area (Å²) in [7, 11) is 0. The van der Waals surface area contributed by atoms with Crippen LogP contribution in [0.3, 0.4) is 0 Å². The lowest BCUT2D eigenvalue weighted by Crippen LogP contribution is -2.55. The molecule has 2 aliphatic rings. The van der Waals surface area contributed by atoms with E-state index in [2.05, 4.69) is 11.8 Å². The Morgan fingerprint density at radius 1 is 1.40 bits per heavy atom. The molecule has 0 bridgehead atoms. The van der Waals surface area contributed by atoms with E-state index in [0.717, 1.165) is 51.2 Å². The summed E-state index contributed by atoms with van der Waals surface area (Å²) in [5.41, 5.74) is 5.85. The van der Waals surface area contributed by atoms with Crippen LogP contribution in [0.1, 0.15) is 32.6 Å². The van der Waals surface area contributed by atoms with Gasteiger partial charge in [0.05, 0.1) is 16.3 Å². The molecule has 2 rings (SSSR count). The number of carbonyl (C=O) groups is 1. The molecule has 0 radical (unpaired) electrons. The third-order valence-electron chi connectivity index (χ3n) is 4.16. The van der Waals surface area contributed by atoms with Gasteiger partial charge in [0.25, 0.3) is 0 Å². The lowest BCUT2D eigenvalue weighted by molar-refractivity contribution is -0.132. The monoisotopic (exact) mass is 315 g/mol. The van der Waals surface area contributed by atoms with E-state index in [1.807, 2.05) is 16.7 Å². The second kappa shape index (κ2) is 7.61. The van der Waals surface area contributed by atoms with Crippen molar-refractivity contribution in [2.75, 3.05) is 31.9 Å². The Morgan fingerprint density at radius 2 is 2.10 bits per heavy atom. The molecule has 1 amide bonds. The summed E-state index contributed by atoms with van der Waals surface area (Å²) in [6, 6.07) is 0.202. The van der Waals surface area contributed by atoms with Crippen LogP contribution in [-0.2, 0) is 4.79 Å². The van der Waals surface area contributed by atoms with Crippen molar-refractivity contribution in [3.8, 4) is 0 Å². The molecule has 2 unspecified atom stereocenters. The maximum absolute atomic E-state index is 12.4. The molecule has 4 nitrogen and oxygen atoms in total. The fourth-order valence-electron chi connectivity index (χ4n) is 3.01. The van der Waals surface area contributed by atoms with Gasteiger partial charge in [0.1, 0.15) is 0 Å². The summed E-state index contributed by atoms with van der Waals surface area (Å²) in [5, 5.41) is 0.212.